The van der Waals surface area contributed by atoms with Crippen LogP contribution in [-0.2, 0) is 0 Å². The standard InChI is InChI=1S/C17H19Br2NO/c1-3-15(20)17(12-4-6-13(18)7-5-12)21-16-9-8-14(19)10-11(16)2/h4-10,15,17H,3,20H2,1-2H3. The first kappa shape index (κ1) is 16.5. The van der Waals surface area contributed by atoms with Crippen LogP contribution >= 0.6 is 31.9 Å². The summed E-state index contributed by atoms with van der Waals surface area (Å²) in [7, 11) is 0. The fourth-order valence-corrected chi connectivity index (χ4v) is 2.89. The first-order chi connectivity index (χ1) is 10.0. The van der Waals surface area contributed by atoms with E-state index in [4.69, 9.17) is 10.5 Å². The smallest absolute Gasteiger partial charge is 0.139 e. The average molecular weight is 413 g/mol. The second-order valence-corrected chi connectivity index (χ2v) is 6.90. The Bertz CT molecular complexity index is 598. The van der Waals surface area contributed by atoms with Gasteiger partial charge >= 0.3 is 0 Å². The van der Waals surface area contributed by atoms with Crippen LogP contribution in [0.1, 0.15) is 30.6 Å². The average Bonchev–Trinajstić information content (AvgIpc) is 2.47. The van der Waals surface area contributed by atoms with Crippen molar-refractivity contribution < 1.29 is 4.74 Å². The van der Waals surface area contributed by atoms with Gasteiger partial charge in [-0.25, -0.2) is 0 Å². The minimum atomic E-state index is -0.150. The van der Waals surface area contributed by atoms with Crippen molar-refractivity contribution in [2.24, 2.45) is 5.73 Å². The van der Waals surface area contributed by atoms with Gasteiger partial charge < -0.3 is 10.5 Å². The second-order valence-electron chi connectivity index (χ2n) is 5.07. The first-order valence-corrected chi connectivity index (χ1v) is 8.53. The van der Waals surface area contributed by atoms with E-state index in [0.29, 0.717) is 0 Å². The van der Waals surface area contributed by atoms with Crippen molar-refractivity contribution in [3.8, 4) is 5.75 Å². The van der Waals surface area contributed by atoms with Gasteiger partial charge in [0.15, 0.2) is 0 Å². The van der Waals surface area contributed by atoms with Crippen LogP contribution in [0, 0.1) is 6.92 Å². The van der Waals surface area contributed by atoms with E-state index in [9.17, 15) is 0 Å². The molecule has 112 valence electrons. The van der Waals surface area contributed by atoms with E-state index < -0.39 is 0 Å². The minimum Gasteiger partial charge on any atom is -0.484 e. The Morgan fingerprint density at radius 2 is 1.67 bits per heavy atom. The number of hydrogen-bond donors (Lipinski definition) is 1. The zero-order valence-electron chi connectivity index (χ0n) is 12.1. The lowest BCUT2D eigenvalue weighted by molar-refractivity contribution is 0.170. The second kappa shape index (κ2) is 7.43. The van der Waals surface area contributed by atoms with E-state index in [1.165, 1.54) is 0 Å². The third-order valence-corrected chi connectivity index (χ3v) is 4.47. The van der Waals surface area contributed by atoms with Gasteiger partial charge in [0, 0.05) is 15.0 Å². The fourth-order valence-electron chi connectivity index (χ4n) is 2.15. The van der Waals surface area contributed by atoms with E-state index in [0.717, 1.165) is 32.2 Å². The molecule has 0 aliphatic carbocycles. The van der Waals surface area contributed by atoms with Gasteiger partial charge in [-0.1, -0.05) is 50.9 Å². The zero-order valence-corrected chi connectivity index (χ0v) is 15.3. The Balaban J connectivity index is 2.30. The predicted molar refractivity (Wildman–Crippen MR) is 94.7 cm³/mol. The summed E-state index contributed by atoms with van der Waals surface area (Å²) in [5.74, 6) is 0.870. The quantitative estimate of drug-likeness (QED) is 0.715. The minimum absolute atomic E-state index is 0.0470. The van der Waals surface area contributed by atoms with Crippen LogP contribution in [0.15, 0.2) is 51.4 Å². The van der Waals surface area contributed by atoms with Crippen LogP contribution in [0.4, 0.5) is 0 Å². The number of benzene rings is 2. The number of nitrogens with two attached hydrogens (primary N) is 1. The Morgan fingerprint density at radius 1 is 1.05 bits per heavy atom. The van der Waals surface area contributed by atoms with E-state index in [2.05, 4.69) is 50.9 Å². The molecular weight excluding hydrogens is 394 g/mol. The van der Waals surface area contributed by atoms with Gasteiger partial charge in [0.1, 0.15) is 11.9 Å². The Hall–Kier alpha value is -0.840. The molecule has 2 atom stereocenters. The van der Waals surface area contributed by atoms with Crippen LogP contribution < -0.4 is 10.5 Å². The summed E-state index contributed by atoms with van der Waals surface area (Å²) in [4.78, 5) is 0. The molecule has 2 aromatic rings. The van der Waals surface area contributed by atoms with Crippen LogP contribution in [-0.4, -0.2) is 6.04 Å². The van der Waals surface area contributed by atoms with Crippen LogP contribution in [0.3, 0.4) is 0 Å². The molecule has 0 saturated carbocycles. The van der Waals surface area contributed by atoms with E-state index in [1.807, 2.05) is 37.3 Å². The number of aryl methyl sites for hydroxylation is 1. The fraction of sp³-hybridized carbons (Fsp3) is 0.294. The lowest BCUT2D eigenvalue weighted by atomic mass is 10.0. The van der Waals surface area contributed by atoms with Crippen molar-refractivity contribution in [3.63, 3.8) is 0 Å². The highest BCUT2D eigenvalue weighted by molar-refractivity contribution is 9.10. The summed E-state index contributed by atoms with van der Waals surface area (Å²) in [5.41, 5.74) is 8.45. The highest BCUT2D eigenvalue weighted by atomic mass is 79.9. The molecule has 0 amide bonds. The van der Waals surface area contributed by atoms with E-state index in [1.54, 1.807) is 0 Å². The van der Waals surface area contributed by atoms with Crippen LogP contribution in [0.2, 0.25) is 0 Å². The molecule has 2 nitrogen and oxygen atoms in total. The van der Waals surface area contributed by atoms with Gasteiger partial charge in [-0.05, 0) is 54.8 Å². The maximum Gasteiger partial charge on any atom is 0.139 e. The van der Waals surface area contributed by atoms with Crippen LogP contribution in [0.25, 0.3) is 0 Å². The van der Waals surface area contributed by atoms with Gasteiger partial charge in [0.2, 0.25) is 0 Å². The lowest BCUT2D eigenvalue weighted by Gasteiger charge is -2.25. The van der Waals surface area contributed by atoms with Crippen LogP contribution in [0.5, 0.6) is 5.75 Å². The molecule has 0 aromatic heterocycles. The normalized spacial score (nSPS) is 13.8. The van der Waals surface area contributed by atoms with Crippen molar-refractivity contribution in [1.29, 1.82) is 0 Å². The molecule has 2 rings (SSSR count). The van der Waals surface area contributed by atoms with Gasteiger partial charge in [0.25, 0.3) is 0 Å². The lowest BCUT2D eigenvalue weighted by Crippen LogP contribution is -2.31. The van der Waals surface area contributed by atoms with Gasteiger partial charge in [-0.3, -0.25) is 0 Å². The summed E-state index contributed by atoms with van der Waals surface area (Å²) in [5, 5.41) is 0. The van der Waals surface area contributed by atoms with Gasteiger partial charge in [0.05, 0.1) is 0 Å². The van der Waals surface area contributed by atoms with E-state index in [-0.39, 0.29) is 12.1 Å². The molecule has 0 aliphatic heterocycles. The number of hydrogen-bond acceptors (Lipinski definition) is 2. The molecule has 0 heterocycles. The third-order valence-electron chi connectivity index (χ3n) is 3.45. The summed E-state index contributed by atoms with van der Waals surface area (Å²) in [6.45, 7) is 4.12. The molecule has 0 fully saturated rings. The molecule has 2 N–H and O–H groups in total. The van der Waals surface area contributed by atoms with E-state index >= 15 is 0 Å². The monoisotopic (exact) mass is 411 g/mol. The molecule has 0 spiro atoms. The highest BCUT2D eigenvalue weighted by Crippen LogP contribution is 2.30. The summed E-state index contributed by atoms with van der Waals surface area (Å²) >= 11 is 6.93. The van der Waals surface area contributed by atoms with Gasteiger partial charge in [-0.15, -0.1) is 0 Å². The molecule has 0 saturated heterocycles. The summed E-state index contributed by atoms with van der Waals surface area (Å²) in [6, 6.07) is 14.1. The Morgan fingerprint density at radius 3 is 2.24 bits per heavy atom. The molecule has 0 aliphatic rings. The predicted octanol–water partition coefficient (Wildman–Crippen LogP) is 5.38. The molecule has 2 unspecified atom stereocenters. The topological polar surface area (TPSA) is 35.2 Å². The maximum absolute atomic E-state index is 6.27. The Labute approximate surface area is 143 Å². The number of ether oxygens (including phenoxy) is 1. The molecule has 4 heteroatoms. The van der Waals surface area contributed by atoms with Crippen molar-refractivity contribution in [2.45, 2.75) is 32.4 Å². The maximum atomic E-state index is 6.27. The summed E-state index contributed by atoms with van der Waals surface area (Å²) in [6.07, 6.45) is 0.707. The summed E-state index contributed by atoms with van der Waals surface area (Å²) < 4.78 is 8.32. The van der Waals surface area contributed by atoms with Crippen molar-refractivity contribution >= 4 is 31.9 Å². The van der Waals surface area contributed by atoms with Crippen molar-refractivity contribution in [3.05, 3.63) is 62.5 Å². The van der Waals surface area contributed by atoms with Crippen molar-refractivity contribution in [2.75, 3.05) is 0 Å². The molecule has 21 heavy (non-hydrogen) atoms. The zero-order chi connectivity index (χ0) is 15.4. The SMILES string of the molecule is CCC(N)C(Oc1ccc(Br)cc1C)c1ccc(Br)cc1. The molecule has 0 bridgehead atoms. The highest BCUT2D eigenvalue weighted by Gasteiger charge is 2.21. The third kappa shape index (κ3) is 4.31. The number of halogens is 2. The van der Waals surface area contributed by atoms with Crippen molar-refractivity contribution in [1.82, 2.24) is 0 Å². The largest absolute Gasteiger partial charge is 0.484 e. The molecular formula is C17H19Br2NO. The Kier molecular flexibility index (Phi) is 5.85. The first-order valence-electron chi connectivity index (χ1n) is 6.95. The molecule has 0 radical (unpaired) electrons. The number of rotatable bonds is 5. The molecule has 2 aromatic carbocycles. The van der Waals surface area contributed by atoms with Gasteiger partial charge in [-0.2, -0.15) is 0 Å².